The van der Waals surface area contributed by atoms with Gasteiger partial charge < -0.3 is 10.1 Å². The maximum Gasteiger partial charge on any atom is 0.121 e. The molecule has 1 aliphatic rings. The summed E-state index contributed by atoms with van der Waals surface area (Å²) in [7, 11) is 1.97. The van der Waals surface area contributed by atoms with Crippen molar-refractivity contribution in [3.8, 4) is 11.8 Å². The first-order valence-corrected chi connectivity index (χ1v) is 6.11. The summed E-state index contributed by atoms with van der Waals surface area (Å²) in [5.74, 6) is 1.47. The summed E-state index contributed by atoms with van der Waals surface area (Å²) < 4.78 is 5.79. The van der Waals surface area contributed by atoms with Crippen LogP contribution in [0.5, 0.6) is 5.75 Å². The largest absolute Gasteiger partial charge is 0.490 e. The number of nitrogens with one attached hydrogen (secondary N) is 1. The van der Waals surface area contributed by atoms with E-state index >= 15 is 0 Å². The van der Waals surface area contributed by atoms with Crippen molar-refractivity contribution in [1.29, 1.82) is 5.26 Å². The molecule has 17 heavy (non-hydrogen) atoms. The highest BCUT2D eigenvalue weighted by molar-refractivity contribution is 6.31. The highest BCUT2D eigenvalue weighted by Crippen LogP contribution is 2.32. The van der Waals surface area contributed by atoms with E-state index in [2.05, 4.69) is 5.32 Å². The van der Waals surface area contributed by atoms with E-state index in [0.29, 0.717) is 10.6 Å². The van der Waals surface area contributed by atoms with Gasteiger partial charge in [-0.3, -0.25) is 0 Å². The van der Waals surface area contributed by atoms with E-state index in [1.54, 1.807) is 18.2 Å². The van der Waals surface area contributed by atoms with Gasteiger partial charge in [0.25, 0.3) is 0 Å². The average molecular weight is 251 g/mol. The molecule has 0 bridgehead atoms. The number of benzene rings is 1. The molecule has 4 heteroatoms. The molecule has 0 aliphatic heterocycles. The Hall–Kier alpha value is -1.24. The number of halogens is 1. The van der Waals surface area contributed by atoms with E-state index < -0.39 is 0 Å². The summed E-state index contributed by atoms with van der Waals surface area (Å²) in [5.41, 5.74) is 0.487. The molecule has 1 fully saturated rings. The number of hydrogen-bond donors (Lipinski definition) is 1. The van der Waals surface area contributed by atoms with Crippen LogP contribution in [0.2, 0.25) is 5.02 Å². The molecule has 1 N–H and O–H groups in total. The third kappa shape index (κ3) is 2.91. The van der Waals surface area contributed by atoms with Crippen molar-refractivity contribution in [1.82, 2.24) is 5.32 Å². The van der Waals surface area contributed by atoms with Crippen LogP contribution in [0.3, 0.4) is 0 Å². The minimum absolute atomic E-state index is 0.289. The van der Waals surface area contributed by atoms with Crippen LogP contribution in [0.15, 0.2) is 18.2 Å². The van der Waals surface area contributed by atoms with Gasteiger partial charge in [0.1, 0.15) is 11.8 Å². The first-order valence-electron chi connectivity index (χ1n) is 5.74. The summed E-state index contributed by atoms with van der Waals surface area (Å²) in [6, 6.07) is 7.24. The Kier molecular flexibility index (Phi) is 3.88. The highest BCUT2D eigenvalue weighted by Gasteiger charge is 2.30. The van der Waals surface area contributed by atoms with Crippen molar-refractivity contribution in [3.05, 3.63) is 28.8 Å². The van der Waals surface area contributed by atoms with Crippen molar-refractivity contribution in [2.24, 2.45) is 5.92 Å². The molecule has 0 spiro atoms. The normalized spacial score (nSPS) is 22.6. The van der Waals surface area contributed by atoms with Crippen LogP contribution in [0, 0.1) is 17.2 Å². The lowest BCUT2D eigenvalue weighted by molar-refractivity contribution is 0.0657. The zero-order valence-corrected chi connectivity index (χ0v) is 10.5. The maximum absolute atomic E-state index is 8.76. The van der Waals surface area contributed by atoms with E-state index in [1.807, 2.05) is 13.1 Å². The van der Waals surface area contributed by atoms with E-state index in [9.17, 15) is 0 Å². The topological polar surface area (TPSA) is 45.0 Å². The molecule has 1 aliphatic carbocycles. The van der Waals surface area contributed by atoms with Gasteiger partial charge in [0.05, 0.1) is 16.7 Å². The lowest BCUT2D eigenvalue weighted by Gasteiger charge is -2.35. The van der Waals surface area contributed by atoms with Crippen molar-refractivity contribution >= 4 is 11.6 Å². The molecule has 0 radical (unpaired) electrons. The predicted octanol–water partition coefficient (Wildman–Crippen LogP) is 2.59. The van der Waals surface area contributed by atoms with E-state index in [-0.39, 0.29) is 6.10 Å². The monoisotopic (exact) mass is 250 g/mol. The van der Waals surface area contributed by atoms with Gasteiger partial charge in [-0.05, 0) is 44.5 Å². The van der Waals surface area contributed by atoms with E-state index in [1.165, 1.54) is 0 Å². The van der Waals surface area contributed by atoms with Crippen molar-refractivity contribution < 1.29 is 4.74 Å². The summed E-state index contributed by atoms with van der Waals surface area (Å²) >= 11 is 5.94. The van der Waals surface area contributed by atoms with Crippen LogP contribution >= 0.6 is 11.6 Å². The Morgan fingerprint density at radius 2 is 2.29 bits per heavy atom. The Balaban J connectivity index is 1.89. The van der Waals surface area contributed by atoms with Crippen molar-refractivity contribution in [2.45, 2.75) is 18.9 Å². The van der Waals surface area contributed by atoms with E-state index in [0.717, 1.165) is 31.1 Å². The summed E-state index contributed by atoms with van der Waals surface area (Å²) in [6.45, 7) is 1.05. The number of hydrogen-bond acceptors (Lipinski definition) is 3. The van der Waals surface area contributed by atoms with Crippen LogP contribution in [-0.4, -0.2) is 19.7 Å². The van der Waals surface area contributed by atoms with Crippen LogP contribution in [0.4, 0.5) is 0 Å². The molecule has 0 saturated heterocycles. The van der Waals surface area contributed by atoms with Crippen LogP contribution in [0.1, 0.15) is 18.4 Å². The highest BCUT2D eigenvalue weighted by atomic mass is 35.5. The van der Waals surface area contributed by atoms with Gasteiger partial charge in [-0.25, -0.2) is 0 Å². The van der Waals surface area contributed by atoms with Gasteiger partial charge >= 0.3 is 0 Å². The second-order valence-electron chi connectivity index (χ2n) is 4.39. The second kappa shape index (κ2) is 5.39. The maximum atomic E-state index is 8.76. The summed E-state index contributed by atoms with van der Waals surface area (Å²) in [6.07, 6.45) is 2.45. The zero-order valence-electron chi connectivity index (χ0n) is 9.74. The molecule has 3 nitrogen and oxygen atoms in total. The number of nitrogens with zero attached hydrogens (tertiary/aromatic N) is 1. The molecule has 1 aromatic rings. The molecule has 2 rings (SSSR count). The van der Waals surface area contributed by atoms with Gasteiger partial charge in [-0.2, -0.15) is 5.26 Å². The minimum atomic E-state index is 0.289. The first-order chi connectivity index (χ1) is 8.22. The molecule has 90 valence electrons. The quantitative estimate of drug-likeness (QED) is 0.893. The first kappa shape index (κ1) is 12.2. The fraction of sp³-hybridized carbons (Fsp3) is 0.462. The molecule has 0 amide bonds. The van der Waals surface area contributed by atoms with Gasteiger partial charge in [0, 0.05) is 6.07 Å². The lowest BCUT2D eigenvalue weighted by atomic mass is 9.82. The second-order valence-corrected chi connectivity index (χ2v) is 4.80. The molecule has 1 aromatic carbocycles. The van der Waals surface area contributed by atoms with Crippen LogP contribution in [0.25, 0.3) is 0 Å². The number of nitriles is 1. The molecule has 0 aromatic heterocycles. The molecule has 0 atom stereocenters. The molecular formula is C13H15ClN2O. The van der Waals surface area contributed by atoms with E-state index in [4.69, 9.17) is 21.6 Å². The minimum Gasteiger partial charge on any atom is -0.490 e. The summed E-state index contributed by atoms with van der Waals surface area (Å²) in [4.78, 5) is 0. The molecular weight excluding hydrogens is 236 g/mol. The van der Waals surface area contributed by atoms with Crippen LogP contribution < -0.4 is 10.1 Å². The lowest BCUT2D eigenvalue weighted by Crippen LogP contribution is -2.38. The third-order valence-electron chi connectivity index (χ3n) is 3.05. The van der Waals surface area contributed by atoms with Crippen molar-refractivity contribution in [2.75, 3.05) is 13.6 Å². The fourth-order valence-electron chi connectivity index (χ4n) is 2.08. The van der Waals surface area contributed by atoms with Crippen LogP contribution in [-0.2, 0) is 0 Å². The van der Waals surface area contributed by atoms with Gasteiger partial charge in [0.2, 0.25) is 0 Å². The zero-order chi connectivity index (χ0) is 12.3. The van der Waals surface area contributed by atoms with Gasteiger partial charge in [-0.1, -0.05) is 11.6 Å². The Labute approximate surface area is 106 Å². The Morgan fingerprint density at radius 1 is 1.53 bits per heavy atom. The fourth-order valence-corrected chi connectivity index (χ4v) is 2.29. The third-order valence-corrected chi connectivity index (χ3v) is 3.36. The van der Waals surface area contributed by atoms with Gasteiger partial charge in [0.15, 0.2) is 0 Å². The van der Waals surface area contributed by atoms with Gasteiger partial charge in [-0.15, -0.1) is 0 Å². The SMILES string of the molecule is CNCC1CC(Oc2ccc(C#N)c(Cl)c2)C1. The molecule has 1 saturated carbocycles. The standard InChI is InChI=1S/C13H15ClN2O/c1-16-8-9-4-12(5-9)17-11-3-2-10(7-15)13(14)6-11/h2-3,6,9,12,16H,4-5,8H2,1H3. The Morgan fingerprint density at radius 3 is 2.88 bits per heavy atom. The molecule has 0 unspecified atom stereocenters. The molecule has 0 heterocycles. The summed E-state index contributed by atoms with van der Waals surface area (Å²) in [5, 5.41) is 12.4. The Bertz CT molecular complexity index is 436. The smallest absolute Gasteiger partial charge is 0.121 e. The average Bonchev–Trinajstić information content (AvgIpc) is 2.26. The number of ether oxygens (including phenoxy) is 1. The van der Waals surface area contributed by atoms with Crippen molar-refractivity contribution in [3.63, 3.8) is 0 Å². The predicted molar refractivity (Wildman–Crippen MR) is 67.2 cm³/mol. The number of rotatable bonds is 4.